The maximum absolute atomic E-state index is 5.41. The molecule has 0 spiro atoms. The fourth-order valence-electron chi connectivity index (χ4n) is 3.05. The Labute approximate surface area is 116 Å². The number of ether oxygens (including phenoxy) is 1. The minimum atomic E-state index is 0.797. The lowest BCUT2D eigenvalue weighted by Crippen LogP contribution is -3.14. The van der Waals surface area contributed by atoms with Gasteiger partial charge in [-0.2, -0.15) is 0 Å². The Bertz CT molecular complexity index is 373. The zero-order chi connectivity index (χ0) is 13.5. The van der Waals surface area contributed by atoms with Crippen LogP contribution in [0.25, 0.3) is 0 Å². The van der Waals surface area contributed by atoms with Gasteiger partial charge in [-0.15, -0.1) is 0 Å². The maximum atomic E-state index is 5.41. The predicted molar refractivity (Wildman–Crippen MR) is 77.5 cm³/mol. The number of nitrogens with two attached hydrogens (primary N) is 1. The summed E-state index contributed by atoms with van der Waals surface area (Å²) in [6.45, 7) is 7.37. The van der Waals surface area contributed by atoms with E-state index in [9.17, 15) is 0 Å². The molecule has 0 saturated carbocycles. The lowest BCUT2D eigenvalue weighted by Gasteiger charge is -2.27. The van der Waals surface area contributed by atoms with Crippen LogP contribution in [-0.4, -0.2) is 32.8 Å². The summed E-state index contributed by atoms with van der Waals surface area (Å²) in [5.74, 6) is 1.02. The lowest BCUT2D eigenvalue weighted by atomic mass is 10.0. The Morgan fingerprint density at radius 1 is 1.26 bits per heavy atom. The second-order valence-corrected chi connectivity index (χ2v) is 5.59. The highest BCUT2D eigenvalue weighted by Gasteiger charge is 2.23. The van der Waals surface area contributed by atoms with E-state index in [4.69, 9.17) is 4.74 Å². The lowest BCUT2D eigenvalue weighted by molar-refractivity contribution is -0.913. The van der Waals surface area contributed by atoms with Crippen LogP contribution >= 0.6 is 0 Å². The fraction of sp³-hybridized carbons (Fsp3) is 0.625. The smallest absolute Gasteiger partial charge is 0.127 e. The third-order valence-corrected chi connectivity index (χ3v) is 4.20. The quantitative estimate of drug-likeness (QED) is 0.756. The number of nitrogens with one attached hydrogen (secondary N) is 1. The van der Waals surface area contributed by atoms with Crippen LogP contribution in [0.1, 0.15) is 31.7 Å². The highest BCUT2D eigenvalue weighted by Crippen LogP contribution is 2.15. The average molecular weight is 264 g/mol. The summed E-state index contributed by atoms with van der Waals surface area (Å²) in [6, 6.07) is 9.16. The highest BCUT2D eigenvalue weighted by atomic mass is 16.5. The molecule has 1 fully saturated rings. The number of para-hydroxylation sites is 1. The molecule has 106 valence electrons. The first-order chi connectivity index (χ1) is 9.33. The van der Waals surface area contributed by atoms with Crippen molar-refractivity contribution in [2.24, 2.45) is 0 Å². The minimum absolute atomic E-state index is 0.797. The van der Waals surface area contributed by atoms with Gasteiger partial charge in [0.15, 0.2) is 0 Å². The highest BCUT2D eigenvalue weighted by molar-refractivity contribution is 5.32. The fourth-order valence-corrected chi connectivity index (χ4v) is 3.05. The molecular formula is C16H28N2O+2. The van der Waals surface area contributed by atoms with Gasteiger partial charge in [0.1, 0.15) is 12.3 Å². The number of methoxy groups -OCH3 is 1. The second-order valence-electron chi connectivity index (χ2n) is 5.59. The molecule has 0 atom stereocenters. The third kappa shape index (κ3) is 4.22. The first-order valence-corrected chi connectivity index (χ1v) is 7.62. The number of rotatable bonds is 6. The van der Waals surface area contributed by atoms with E-state index in [1.807, 2.05) is 6.07 Å². The molecule has 1 saturated heterocycles. The van der Waals surface area contributed by atoms with E-state index in [2.05, 4.69) is 30.4 Å². The molecule has 0 radical (unpaired) electrons. The zero-order valence-corrected chi connectivity index (χ0v) is 12.3. The monoisotopic (exact) mass is 264 g/mol. The van der Waals surface area contributed by atoms with Crippen LogP contribution in [0.5, 0.6) is 5.75 Å². The van der Waals surface area contributed by atoms with Crippen molar-refractivity contribution in [1.82, 2.24) is 0 Å². The van der Waals surface area contributed by atoms with Gasteiger partial charge in [-0.1, -0.05) is 19.1 Å². The summed E-state index contributed by atoms with van der Waals surface area (Å²) in [4.78, 5) is 1.80. The molecule has 0 aliphatic carbocycles. The molecule has 3 nitrogen and oxygen atoms in total. The van der Waals surface area contributed by atoms with E-state index >= 15 is 0 Å². The molecule has 2 rings (SSSR count). The van der Waals surface area contributed by atoms with Crippen molar-refractivity contribution in [3.05, 3.63) is 29.8 Å². The normalized spacial score (nSPS) is 23.3. The van der Waals surface area contributed by atoms with Gasteiger partial charge in [-0.3, -0.25) is 0 Å². The number of hydrogen-bond acceptors (Lipinski definition) is 1. The molecule has 1 aromatic carbocycles. The molecule has 1 heterocycles. The number of hydrogen-bond donors (Lipinski definition) is 2. The summed E-state index contributed by atoms with van der Waals surface area (Å²) >= 11 is 0. The summed E-state index contributed by atoms with van der Waals surface area (Å²) in [5, 5.41) is 2.50. The summed E-state index contributed by atoms with van der Waals surface area (Å²) < 4.78 is 5.41. The molecule has 0 bridgehead atoms. The van der Waals surface area contributed by atoms with Crippen LogP contribution in [0.3, 0.4) is 0 Å². The first-order valence-electron chi connectivity index (χ1n) is 7.62. The van der Waals surface area contributed by atoms with Crippen molar-refractivity contribution in [2.75, 3.05) is 26.7 Å². The van der Waals surface area contributed by atoms with Crippen LogP contribution in [0, 0.1) is 0 Å². The summed E-state index contributed by atoms with van der Waals surface area (Å²) in [7, 11) is 1.76. The van der Waals surface area contributed by atoms with Gasteiger partial charge in [-0.05, 0) is 18.6 Å². The van der Waals surface area contributed by atoms with Crippen LogP contribution in [-0.2, 0) is 6.54 Å². The van der Waals surface area contributed by atoms with Crippen molar-refractivity contribution in [3.8, 4) is 5.75 Å². The Balaban J connectivity index is 1.77. The van der Waals surface area contributed by atoms with E-state index in [0.29, 0.717) is 0 Å². The largest absolute Gasteiger partial charge is 0.496 e. The van der Waals surface area contributed by atoms with E-state index in [0.717, 1.165) is 18.3 Å². The predicted octanol–water partition coefficient (Wildman–Crippen LogP) is 0.216. The number of likely N-dealkylation sites (tertiary alicyclic amines) is 1. The Hall–Kier alpha value is -1.06. The molecular weight excluding hydrogens is 236 g/mol. The van der Waals surface area contributed by atoms with E-state index in [1.54, 1.807) is 12.0 Å². The second kappa shape index (κ2) is 7.51. The minimum Gasteiger partial charge on any atom is -0.496 e. The summed E-state index contributed by atoms with van der Waals surface area (Å²) in [6.07, 6.45) is 4.01. The van der Waals surface area contributed by atoms with Crippen molar-refractivity contribution >= 4 is 0 Å². The molecule has 0 unspecified atom stereocenters. The molecule has 3 heteroatoms. The van der Waals surface area contributed by atoms with Crippen molar-refractivity contribution in [1.29, 1.82) is 0 Å². The zero-order valence-electron chi connectivity index (χ0n) is 12.3. The van der Waals surface area contributed by atoms with Crippen LogP contribution in [0.2, 0.25) is 0 Å². The molecule has 1 aliphatic rings. The first kappa shape index (κ1) is 14.4. The topological polar surface area (TPSA) is 30.3 Å². The Kier molecular flexibility index (Phi) is 5.67. The van der Waals surface area contributed by atoms with Crippen molar-refractivity contribution in [3.63, 3.8) is 0 Å². The van der Waals surface area contributed by atoms with E-state index in [-0.39, 0.29) is 0 Å². The third-order valence-electron chi connectivity index (χ3n) is 4.20. The Morgan fingerprint density at radius 2 is 2.00 bits per heavy atom. The van der Waals surface area contributed by atoms with Crippen molar-refractivity contribution < 1.29 is 15.0 Å². The molecule has 0 amide bonds. The molecule has 3 N–H and O–H groups in total. The maximum Gasteiger partial charge on any atom is 0.127 e. The van der Waals surface area contributed by atoms with Gasteiger partial charge in [-0.25, -0.2) is 0 Å². The van der Waals surface area contributed by atoms with Gasteiger partial charge in [0.25, 0.3) is 0 Å². The molecule has 1 aliphatic heterocycles. The van der Waals surface area contributed by atoms with Crippen LogP contribution < -0.4 is 15.0 Å². The van der Waals surface area contributed by atoms with Gasteiger partial charge in [0.2, 0.25) is 0 Å². The van der Waals surface area contributed by atoms with Gasteiger partial charge in [0, 0.05) is 18.4 Å². The van der Waals surface area contributed by atoms with Crippen LogP contribution in [0.4, 0.5) is 0 Å². The Morgan fingerprint density at radius 3 is 2.68 bits per heavy atom. The number of piperidine rings is 1. The van der Waals surface area contributed by atoms with Gasteiger partial charge < -0.3 is 15.0 Å². The van der Waals surface area contributed by atoms with E-state index < -0.39 is 0 Å². The number of benzene rings is 1. The SMILES string of the molecule is CCC[NH+]1CCC([NH2+]Cc2ccccc2OC)CC1. The molecule has 0 aromatic heterocycles. The molecule has 19 heavy (non-hydrogen) atoms. The average Bonchev–Trinajstić information content (AvgIpc) is 2.47. The van der Waals surface area contributed by atoms with Gasteiger partial charge in [0.05, 0.1) is 32.8 Å². The van der Waals surface area contributed by atoms with Crippen molar-refractivity contribution in [2.45, 2.75) is 38.8 Å². The molecule has 1 aromatic rings. The van der Waals surface area contributed by atoms with Gasteiger partial charge >= 0.3 is 0 Å². The van der Waals surface area contributed by atoms with Crippen LogP contribution in [0.15, 0.2) is 24.3 Å². The standard InChI is InChI=1S/C16H26N2O/c1-3-10-18-11-8-15(9-12-18)17-13-14-6-4-5-7-16(14)19-2/h4-7,15,17H,3,8-13H2,1-2H3/p+2. The van der Waals surface area contributed by atoms with E-state index in [1.165, 1.54) is 44.5 Å². The summed E-state index contributed by atoms with van der Waals surface area (Å²) in [5.41, 5.74) is 1.31. The number of quaternary nitrogens is 2.